The number of fused-ring (bicyclic) bond motifs is 1. The molecule has 25 heavy (non-hydrogen) atoms. The average Bonchev–Trinajstić information content (AvgIpc) is 2.97. The molecule has 1 heterocycles. The van der Waals surface area contributed by atoms with E-state index in [0.717, 1.165) is 0 Å². The lowest BCUT2D eigenvalue weighted by Crippen LogP contribution is -2.06. The van der Waals surface area contributed by atoms with Crippen LogP contribution in [0.3, 0.4) is 0 Å². The molecule has 0 aliphatic carbocycles. The van der Waals surface area contributed by atoms with Gasteiger partial charge >= 0.3 is 6.18 Å². The Labute approximate surface area is 163 Å². The summed E-state index contributed by atoms with van der Waals surface area (Å²) in [5.74, 6) is -1.33. The van der Waals surface area contributed by atoms with E-state index < -0.39 is 12.0 Å². The topological polar surface area (TPSA) is 37.9 Å². The standard InChI is InChI=1S/C14H4Cl5F3N2O/c15-4-1-2-7(9(19)8(4)18)25-12-6(17)3-5(16)10-11(12)24-13(23-10)14(20,21)22/h1-3H,(H,23,24). The molecule has 0 radical (unpaired) electrons. The van der Waals surface area contributed by atoms with E-state index in [1.165, 1.54) is 18.2 Å². The van der Waals surface area contributed by atoms with Crippen molar-refractivity contribution in [2.45, 2.75) is 6.18 Å². The molecule has 0 saturated carbocycles. The zero-order valence-corrected chi connectivity index (χ0v) is 15.4. The molecule has 0 bridgehead atoms. The van der Waals surface area contributed by atoms with Crippen LogP contribution >= 0.6 is 58.0 Å². The summed E-state index contributed by atoms with van der Waals surface area (Å²) in [6.07, 6.45) is -4.70. The van der Waals surface area contributed by atoms with Crippen LogP contribution in [0.15, 0.2) is 18.2 Å². The van der Waals surface area contributed by atoms with Crippen molar-refractivity contribution in [3.8, 4) is 11.5 Å². The van der Waals surface area contributed by atoms with E-state index in [0.29, 0.717) is 0 Å². The summed E-state index contributed by atoms with van der Waals surface area (Å²) in [5.41, 5.74) is -0.281. The Kier molecular flexibility index (Phi) is 4.94. The number of alkyl halides is 3. The van der Waals surface area contributed by atoms with Crippen molar-refractivity contribution in [1.82, 2.24) is 9.97 Å². The number of aromatic nitrogens is 2. The molecule has 0 spiro atoms. The molecule has 0 saturated heterocycles. The van der Waals surface area contributed by atoms with E-state index >= 15 is 0 Å². The van der Waals surface area contributed by atoms with Crippen LogP contribution in [-0.2, 0) is 6.18 Å². The predicted molar refractivity (Wildman–Crippen MR) is 92.7 cm³/mol. The molecule has 0 unspecified atom stereocenters. The second-order valence-corrected chi connectivity index (χ2v) is 6.73. The van der Waals surface area contributed by atoms with E-state index in [-0.39, 0.29) is 47.6 Å². The highest BCUT2D eigenvalue weighted by atomic mass is 35.5. The van der Waals surface area contributed by atoms with Gasteiger partial charge in [-0.1, -0.05) is 58.0 Å². The largest absolute Gasteiger partial charge is 0.452 e. The molecule has 0 aliphatic heterocycles. The van der Waals surface area contributed by atoms with Gasteiger partial charge in [0.1, 0.15) is 21.8 Å². The Hall–Kier alpha value is -1.05. The molecule has 0 fully saturated rings. The van der Waals surface area contributed by atoms with Gasteiger partial charge in [-0.2, -0.15) is 13.2 Å². The smallest absolute Gasteiger partial charge is 0.449 e. The van der Waals surface area contributed by atoms with Gasteiger partial charge in [-0.3, -0.25) is 0 Å². The Morgan fingerprint density at radius 1 is 0.920 bits per heavy atom. The van der Waals surface area contributed by atoms with Crippen LogP contribution in [0.2, 0.25) is 25.1 Å². The molecule has 3 aromatic rings. The summed E-state index contributed by atoms with van der Waals surface area (Å²) in [4.78, 5) is 5.57. The molecule has 0 amide bonds. The van der Waals surface area contributed by atoms with Gasteiger partial charge in [0, 0.05) is 0 Å². The lowest BCUT2D eigenvalue weighted by molar-refractivity contribution is -0.144. The first-order valence-electron chi connectivity index (χ1n) is 6.36. The lowest BCUT2D eigenvalue weighted by atomic mass is 10.3. The number of hydrogen-bond donors (Lipinski definition) is 1. The summed E-state index contributed by atoms with van der Waals surface area (Å²) >= 11 is 29.8. The van der Waals surface area contributed by atoms with Gasteiger partial charge in [-0.15, -0.1) is 0 Å². The van der Waals surface area contributed by atoms with Crippen molar-refractivity contribution in [3.05, 3.63) is 49.1 Å². The second-order valence-electron chi connectivity index (χ2n) is 4.75. The first-order chi connectivity index (χ1) is 11.6. The maximum Gasteiger partial charge on any atom is 0.449 e. The molecule has 1 aromatic heterocycles. The van der Waals surface area contributed by atoms with Crippen LogP contribution in [0, 0.1) is 0 Å². The monoisotopic (exact) mass is 448 g/mol. The van der Waals surface area contributed by atoms with E-state index in [9.17, 15) is 13.2 Å². The van der Waals surface area contributed by atoms with Crippen LogP contribution in [0.4, 0.5) is 13.2 Å². The summed E-state index contributed by atoms with van der Waals surface area (Å²) in [6, 6.07) is 4.03. The number of nitrogens with one attached hydrogen (secondary N) is 1. The third-order valence-corrected chi connectivity index (χ3v) is 4.95. The number of H-pyrrole nitrogens is 1. The van der Waals surface area contributed by atoms with Crippen LogP contribution in [0.5, 0.6) is 11.5 Å². The normalized spacial score (nSPS) is 12.0. The summed E-state index contributed by atoms with van der Waals surface area (Å²) in [5, 5.41) is 0.0789. The fourth-order valence-electron chi connectivity index (χ4n) is 2.01. The summed E-state index contributed by atoms with van der Waals surface area (Å²) < 4.78 is 44.3. The number of rotatable bonds is 2. The van der Waals surface area contributed by atoms with Crippen molar-refractivity contribution in [2.75, 3.05) is 0 Å². The minimum absolute atomic E-state index is 0.0242. The Morgan fingerprint density at radius 3 is 2.24 bits per heavy atom. The van der Waals surface area contributed by atoms with Gasteiger partial charge < -0.3 is 9.72 Å². The van der Waals surface area contributed by atoms with Gasteiger partial charge in [0.2, 0.25) is 5.82 Å². The SMILES string of the molecule is FC(F)(F)c1nc2c(Cl)cc(Cl)c(Oc3ccc(Cl)c(Cl)c3Cl)c2[nH]1. The highest BCUT2D eigenvalue weighted by molar-refractivity contribution is 6.48. The Bertz CT molecular complexity index is 987. The van der Waals surface area contributed by atoms with Crippen molar-refractivity contribution in [1.29, 1.82) is 0 Å². The fourth-order valence-corrected chi connectivity index (χ4v) is 3.12. The number of imidazole rings is 1. The molecular formula is C14H4Cl5F3N2O. The maximum atomic E-state index is 12.9. The van der Waals surface area contributed by atoms with Gasteiger partial charge in [-0.05, 0) is 18.2 Å². The predicted octanol–water partition coefficient (Wildman–Crippen LogP) is 7.64. The van der Waals surface area contributed by atoms with Crippen LogP contribution in [0.25, 0.3) is 11.0 Å². The van der Waals surface area contributed by atoms with Gasteiger partial charge in [0.15, 0.2) is 5.75 Å². The van der Waals surface area contributed by atoms with Crippen LogP contribution in [-0.4, -0.2) is 9.97 Å². The highest BCUT2D eigenvalue weighted by Crippen LogP contribution is 2.44. The average molecular weight is 450 g/mol. The maximum absolute atomic E-state index is 12.9. The van der Waals surface area contributed by atoms with Crippen molar-refractivity contribution in [2.24, 2.45) is 0 Å². The molecule has 3 rings (SSSR count). The van der Waals surface area contributed by atoms with Crippen molar-refractivity contribution in [3.63, 3.8) is 0 Å². The van der Waals surface area contributed by atoms with E-state index in [1.54, 1.807) is 0 Å². The number of nitrogens with zero attached hydrogens (tertiary/aromatic N) is 1. The molecule has 3 nitrogen and oxygen atoms in total. The van der Waals surface area contributed by atoms with Crippen molar-refractivity contribution >= 4 is 69.0 Å². The third-order valence-electron chi connectivity index (χ3n) is 3.11. The molecule has 0 aliphatic rings. The molecular weight excluding hydrogens is 446 g/mol. The number of ether oxygens (including phenoxy) is 1. The summed E-state index contributed by atoms with van der Waals surface area (Å²) in [7, 11) is 0. The van der Waals surface area contributed by atoms with E-state index in [1.807, 2.05) is 0 Å². The molecule has 1 N–H and O–H groups in total. The number of halogens is 8. The van der Waals surface area contributed by atoms with Gasteiger partial charge in [-0.25, -0.2) is 4.98 Å². The molecule has 132 valence electrons. The minimum Gasteiger partial charge on any atom is -0.452 e. The lowest BCUT2D eigenvalue weighted by Gasteiger charge is -2.12. The van der Waals surface area contributed by atoms with Gasteiger partial charge in [0.25, 0.3) is 0 Å². The highest BCUT2D eigenvalue weighted by Gasteiger charge is 2.36. The number of benzene rings is 2. The third kappa shape index (κ3) is 3.46. The fraction of sp³-hybridized carbons (Fsp3) is 0.0714. The van der Waals surface area contributed by atoms with E-state index in [4.69, 9.17) is 62.7 Å². The Morgan fingerprint density at radius 2 is 1.60 bits per heavy atom. The quantitative estimate of drug-likeness (QED) is 0.408. The Balaban J connectivity index is 2.19. The zero-order valence-electron chi connectivity index (χ0n) is 11.6. The van der Waals surface area contributed by atoms with Crippen LogP contribution < -0.4 is 4.74 Å². The zero-order chi connectivity index (χ0) is 18.5. The first kappa shape index (κ1) is 18.7. The van der Waals surface area contributed by atoms with E-state index in [2.05, 4.69) is 9.97 Å². The second kappa shape index (κ2) is 6.59. The summed E-state index contributed by atoms with van der Waals surface area (Å²) in [6.45, 7) is 0. The molecule has 0 atom stereocenters. The molecule has 11 heteroatoms. The number of aromatic amines is 1. The molecule has 2 aromatic carbocycles. The number of hydrogen-bond acceptors (Lipinski definition) is 2. The first-order valence-corrected chi connectivity index (χ1v) is 8.25. The minimum atomic E-state index is -4.70. The van der Waals surface area contributed by atoms with Gasteiger partial charge in [0.05, 0.1) is 20.1 Å². The van der Waals surface area contributed by atoms with Crippen molar-refractivity contribution < 1.29 is 17.9 Å². The van der Waals surface area contributed by atoms with Crippen LogP contribution in [0.1, 0.15) is 5.82 Å².